The van der Waals surface area contributed by atoms with E-state index < -0.39 is 6.10 Å². The minimum absolute atomic E-state index is 0.538. The number of hydrogen-bond donors (Lipinski definition) is 1. The van der Waals surface area contributed by atoms with E-state index in [-0.39, 0.29) is 0 Å². The van der Waals surface area contributed by atoms with E-state index >= 15 is 0 Å². The van der Waals surface area contributed by atoms with Crippen LogP contribution in [-0.4, -0.2) is 5.11 Å². The first-order valence-electron chi connectivity index (χ1n) is 5.65. The summed E-state index contributed by atoms with van der Waals surface area (Å²) in [4.78, 5) is 2.02. The molecular formula is C15H13NOS. The summed E-state index contributed by atoms with van der Waals surface area (Å²) >= 11 is 1.56. The van der Waals surface area contributed by atoms with E-state index in [9.17, 15) is 5.11 Å². The summed E-state index contributed by atoms with van der Waals surface area (Å²) < 4.78 is 0. The molecule has 90 valence electrons. The lowest BCUT2D eigenvalue weighted by Gasteiger charge is -2.11. The van der Waals surface area contributed by atoms with Gasteiger partial charge in [0.25, 0.3) is 0 Å². The molecule has 2 aromatic rings. The molecule has 0 amide bonds. The summed E-state index contributed by atoms with van der Waals surface area (Å²) in [6, 6.07) is 17.4. The maximum absolute atomic E-state index is 9.75. The Morgan fingerprint density at radius 1 is 1.17 bits per heavy atom. The number of rotatable bonds is 3. The standard InChI is InChI=1S/C15H13NOS/c1-11(17)14-8-7-12(10-16)9-15(14)18-13-5-3-2-4-6-13/h2-9,11,17H,1H3. The third-order valence-corrected chi connectivity index (χ3v) is 3.65. The summed E-state index contributed by atoms with van der Waals surface area (Å²) in [7, 11) is 0. The molecule has 0 saturated heterocycles. The average molecular weight is 255 g/mol. The van der Waals surface area contributed by atoms with E-state index in [2.05, 4.69) is 6.07 Å². The zero-order chi connectivity index (χ0) is 13.0. The predicted molar refractivity (Wildman–Crippen MR) is 72.4 cm³/mol. The fraction of sp³-hybridized carbons (Fsp3) is 0.133. The molecule has 1 atom stereocenters. The second kappa shape index (κ2) is 5.72. The van der Waals surface area contributed by atoms with Crippen LogP contribution >= 0.6 is 11.8 Å². The Labute approximate surface area is 111 Å². The van der Waals surface area contributed by atoms with Crippen molar-refractivity contribution >= 4 is 11.8 Å². The fourth-order valence-corrected chi connectivity index (χ4v) is 2.74. The quantitative estimate of drug-likeness (QED) is 0.908. The molecule has 2 aromatic carbocycles. The van der Waals surface area contributed by atoms with Gasteiger partial charge in [0.1, 0.15) is 0 Å². The lowest BCUT2D eigenvalue weighted by Crippen LogP contribution is -1.94. The van der Waals surface area contributed by atoms with Gasteiger partial charge in [-0.1, -0.05) is 36.0 Å². The van der Waals surface area contributed by atoms with Gasteiger partial charge >= 0.3 is 0 Å². The number of aliphatic hydroxyl groups is 1. The minimum Gasteiger partial charge on any atom is -0.389 e. The van der Waals surface area contributed by atoms with Crippen molar-refractivity contribution in [2.24, 2.45) is 0 Å². The molecule has 2 nitrogen and oxygen atoms in total. The van der Waals surface area contributed by atoms with Gasteiger partial charge in [0.05, 0.1) is 17.7 Å². The van der Waals surface area contributed by atoms with Crippen LogP contribution in [0, 0.1) is 11.3 Å². The van der Waals surface area contributed by atoms with Gasteiger partial charge in [0.15, 0.2) is 0 Å². The van der Waals surface area contributed by atoms with Gasteiger partial charge in [0.2, 0.25) is 0 Å². The molecule has 1 unspecified atom stereocenters. The van der Waals surface area contributed by atoms with Crippen molar-refractivity contribution < 1.29 is 5.11 Å². The van der Waals surface area contributed by atoms with Crippen LogP contribution in [-0.2, 0) is 0 Å². The molecule has 0 aromatic heterocycles. The Morgan fingerprint density at radius 2 is 1.89 bits per heavy atom. The van der Waals surface area contributed by atoms with E-state index in [0.29, 0.717) is 5.56 Å². The lowest BCUT2D eigenvalue weighted by molar-refractivity contribution is 0.196. The largest absolute Gasteiger partial charge is 0.389 e. The third kappa shape index (κ3) is 2.92. The van der Waals surface area contributed by atoms with Gasteiger partial charge in [-0.05, 0) is 36.8 Å². The molecule has 1 N–H and O–H groups in total. The van der Waals surface area contributed by atoms with Crippen LogP contribution in [0.4, 0.5) is 0 Å². The van der Waals surface area contributed by atoms with Gasteiger partial charge in [0, 0.05) is 9.79 Å². The van der Waals surface area contributed by atoms with Crippen molar-refractivity contribution in [2.75, 3.05) is 0 Å². The van der Waals surface area contributed by atoms with E-state index in [0.717, 1.165) is 15.4 Å². The monoisotopic (exact) mass is 255 g/mol. The first-order valence-corrected chi connectivity index (χ1v) is 6.47. The molecule has 0 radical (unpaired) electrons. The molecule has 0 bridgehead atoms. The summed E-state index contributed by atoms with van der Waals surface area (Å²) in [6.45, 7) is 1.73. The van der Waals surface area contributed by atoms with Crippen LogP contribution in [0.2, 0.25) is 0 Å². The van der Waals surface area contributed by atoms with E-state index in [1.54, 1.807) is 24.8 Å². The predicted octanol–water partition coefficient (Wildman–Crippen LogP) is 3.76. The number of nitrogens with zero attached hydrogens (tertiary/aromatic N) is 1. The van der Waals surface area contributed by atoms with Crippen molar-refractivity contribution in [3.05, 3.63) is 59.7 Å². The van der Waals surface area contributed by atoms with Gasteiger partial charge in [-0.2, -0.15) is 5.26 Å². The summed E-state index contributed by atoms with van der Waals surface area (Å²) in [6.07, 6.45) is -0.538. The zero-order valence-electron chi connectivity index (χ0n) is 10.00. The highest BCUT2D eigenvalue weighted by Gasteiger charge is 2.10. The van der Waals surface area contributed by atoms with Gasteiger partial charge in [-0.15, -0.1) is 0 Å². The van der Waals surface area contributed by atoms with Crippen LogP contribution in [0.25, 0.3) is 0 Å². The molecule has 0 aliphatic heterocycles. The van der Waals surface area contributed by atoms with E-state index in [1.165, 1.54) is 0 Å². The smallest absolute Gasteiger partial charge is 0.0992 e. The van der Waals surface area contributed by atoms with Crippen molar-refractivity contribution in [3.63, 3.8) is 0 Å². The van der Waals surface area contributed by atoms with Crippen LogP contribution in [0.15, 0.2) is 58.3 Å². The van der Waals surface area contributed by atoms with Crippen molar-refractivity contribution in [1.82, 2.24) is 0 Å². The molecule has 0 aliphatic rings. The Balaban J connectivity index is 2.39. The maximum atomic E-state index is 9.75. The Kier molecular flexibility index (Phi) is 4.03. The Morgan fingerprint density at radius 3 is 2.50 bits per heavy atom. The van der Waals surface area contributed by atoms with E-state index in [4.69, 9.17) is 5.26 Å². The lowest BCUT2D eigenvalue weighted by atomic mass is 10.1. The molecular weight excluding hydrogens is 242 g/mol. The second-order valence-electron chi connectivity index (χ2n) is 3.96. The highest BCUT2D eigenvalue weighted by Crippen LogP contribution is 2.33. The van der Waals surface area contributed by atoms with Crippen molar-refractivity contribution in [1.29, 1.82) is 5.26 Å². The molecule has 0 spiro atoms. The molecule has 3 heteroatoms. The fourth-order valence-electron chi connectivity index (χ4n) is 1.65. The third-order valence-electron chi connectivity index (χ3n) is 2.56. The summed E-state index contributed by atoms with van der Waals surface area (Å²) in [5, 5.41) is 18.7. The summed E-state index contributed by atoms with van der Waals surface area (Å²) in [5.74, 6) is 0. The first kappa shape index (κ1) is 12.7. The SMILES string of the molecule is CC(O)c1ccc(C#N)cc1Sc1ccccc1. The molecule has 2 rings (SSSR count). The Hall–Kier alpha value is -1.76. The number of nitriles is 1. The highest BCUT2D eigenvalue weighted by atomic mass is 32.2. The maximum Gasteiger partial charge on any atom is 0.0992 e. The highest BCUT2D eigenvalue weighted by molar-refractivity contribution is 7.99. The number of aliphatic hydroxyl groups excluding tert-OH is 1. The molecule has 0 fully saturated rings. The van der Waals surface area contributed by atoms with Crippen LogP contribution in [0.1, 0.15) is 24.2 Å². The minimum atomic E-state index is -0.538. The van der Waals surface area contributed by atoms with Crippen LogP contribution in [0.5, 0.6) is 0 Å². The van der Waals surface area contributed by atoms with Crippen LogP contribution < -0.4 is 0 Å². The zero-order valence-corrected chi connectivity index (χ0v) is 10.8. The molecule has 0 aliphatic carbocycles. The normalized spacial score (nSPS) is 11.8. The number of benzene rings is 2. The first-order chi connectivity index (χ1) is 8.70. The molecule has 0 saturated carbocycles. The summed E-state index contributed by atoms with van der Waals surface area (Å²) in [5.41, 5.74) is 1.46. The molecule has 18 heavy (non-hydrogen) atoms. The molecule has 0 heterocycles. The topological polar surface area (TPSA) is 44.0 Å². The Bertz CT molecular complexity index is 573. The average Bonchev–Trinajstić information content (AvgIpc) is 2.39. The van der Waals surface area contributed by atoms with E-state index in [1.807, 2.05) is 42.5 Å². The van der Waals surface area contributed by atoms with Gasteiger partial charge < -0.3 is 5.11 Å². The second-order valence-corrected chi connectivity index (χ2v) is 5.07. The van der Waals surface area contributed by atoms with Gasteiger partial charge in [-0.25, -0.2) is 0 Å². The van der Waals surface area contributed by atoms with Crippen LogP contribution in [0.3, 0.4) is 0 Å². The van der Waals surface area contributed by atoms with Crippen molar-refractivity contribution in [2.45, 2.75) is 22.8 Å². The van der Waals surface area contributed by atoms with Crippen molar-refractivity contribution in [3.8, 4) is 6.07 Å². The van der Waals surface area contributed by atoms with Gasteiger partial charge in [-0.3, -0.25) is 0 Å². The number of hydrogen-bond acceptors (Lipinski definition) is 3.